The van der Waals surface area contributed by atoms with Crippen molar-refractivity contribution in [1.29, 1.82) is 0 Å². The number of allylic oxidation sites excluding steroid dienone is 1. The third-order valence-electron chi connectivity index (χ3n) is 4.45. The number of rotatable bonds is 5. The molecule has 5 rings (SSSR count). The SMILES string of the molecule is O=C(Nc1nc2c(C(=O)CC3=NC=CC3)cccc2[nH]1)c1cn2ccsc2n1. The summed E-state index contributed by atoms with van der Waals surface area (Å²) in [6.07, 6.45) is 8.09. The molecule has 1 aliphatic heterocycles. The monoisotopic (exact) mass is 390 g/mol. The van der Waals surface area contributed by atoms with Crippen LogP contribution in [-0.4, -0.2) is 36.8 Å². The maximum atomic E-state index is 12.7. The maximum Gasteiger partial charge on any atom is 0.278 e. The van der Waals surface area contributed by atoms with Gasteiger partial charge in [-0.1, -0.05) is 12.1 Å². The van der Waals surface area contributed by atoms with Crippen molar-refractivity contribution in [2.24, 2.45) is 4.99 Å². The fourth-order valence-electron chi connectivity index (χ4n) is 3.12. The van der Waals surface area contributed by atoms with E-state index in [1.54, 1.807) is 28.9 Å². The van der Waals surface area contributed by atoms with Crippen molar-refractivity contribution in [3.63, 3.8) is 0 Å². The molecule has 4 heterocycles. The number of carbonyl (C=O) groups is 2. The molecule has 9 heteroatoms. The highest BCUT2D eigenvalue weighted by molar-refractivity contribution is 7.15. The summed E-state index contributed by atoms with van der Waals surface area (Å²) in [4.78, 5) is 41.8. The lowest BCUT2D eigenvalue weighted by Gasteiger charge is -2.01. The highest BCUT2D eigenvalue weighted by atomic mass is 32.1. The number of anilines is 1. The smallest absolute Gasteiger partial charge is 0.278 e. The van der Waals surface area contributed by atoms with E-state index in [4.69, 9.17) is 0 Å². The molecule has 0 saturated carbocycles. The van der Waals surface area contributed by atoms with Crippen LogP contribution in [0.5, 0.6) is 0 Å². The predicted octanol–water partition coefficient (Wildman–Crippen LogP) is 3.46. The standard InChI is InChI=1S/C19H14N6O2S/c26-15(9-11-3-2-6-20-11)12-4-1-5-13-16(12)23-18(21-13)24-17(27)14-10-25-7-8-28-19(25)22-14/h1-2,4-8,10H,3,9H2,(H2,21,23,24,27). The van der Waals surface area contributed by atoms with Gasteiger partial charge in [0.15, 0.2) is 10.7 Å². The Kier molecular flexibility index (Phi) is 3.87. The Morgan fingerprint density at radius 3 is 3.04 bits per heavy atom. The number of para-hydroxylation sites is 1. The maximum absolute atomic E-state index is 12.7. The van der Waals surface area contributed by atoms with Gasteiger partial charge in [0.1, 0.15) is 11.2 Å². The molecule has 1 amide bonds. The van der Waals surface area contributed by atoms with Crippen LogP contribution in [0.2, 0.25) is 0 Å². The van der Waals surface area contributed by atoms with E-state index in [9.17, 15) is 9.59 Å². The van der Waals surface area contributed by atoms with E-state index in [-0.39, 0.29) is 24.1 Å². The van der Waals surface area contributed by atoms with Crippen LogP contribution in [0.4, 0.5) is 5.95 Å². The normalized spacial score (nSPS) is 13.4. The number of Topliss-reactive ketones (excluding diaryl/α,β-unsaturated/α-hetero) is 1. The van der Waals surface area contributed by atoms with Crippen molar-refractivity contribution in [2.75, 3.05) is 5.32 Å². The molecule has 1 aliphatic rings. The molecule has 3 aromatic heterocycles. The first-order valence-electron chi connectivity index (χ1n) is 8.63. The third-order valence-corrected chi connectivity index (χ3v) is 5.22. The van der Waals surface area contributed by atoms with Crippen LogP contribution in [0.25, 0.3) is 16.0 Å². The molecule has 0 unspecified atom stereocenters. The molecule has 0 atom stereocenters. The second-order valence-corrected chi connectivity index (χ2v) is 7.22. The molecule has 0 bridgehead atoms. The van der Waals surface area contributed by atoms with Gasteiger partial charge in [-0.15, -0.1) is 11.3 Å². The first-order chi connectivity index (χ1) is 13.7. The Labute approximate surface area is 162 Å². The largest absolute Gasteiger partial charge is 0.324 e. The van der Waals surface area contributed by atoms with Crippen molar-refractivity contribution in [3.05, 3.63) is 59.5 Å². The van der Waals surface area contributed by atoms with Crippen LogP contribution in [-0.2, 0) is 0 Å². The van der Waals surface area contributed by atoms with E-state index in [1.807, 2.05) is 23.7 Å². The second-order valence-electron chi connectivity index (χ2n) is 6.34. The minimum Gasteiger partial charge on any atom is -0.324 e. The fourth-order valence-corrected chi connectivity index (χ4v) is 3.82. The van der Waals surface area contributed by atoms with Gasteiger partial charge >= 0.3 is 0 Å². The van der Waals surface area contributed by atoms with Crippen LogP contribution in [0, 0.1) is 0 Å². The topological polar surface area (TPSA) is 105 Å². The number of nitrogens with zero attached hydrogens (tertiary/aromatic N) is 4. The number of benzene rings is 1. The summed E-state index contributed by atoms with van der Waals surface area (Å²) in [6.45, 7) is 0. The minimum atomic E-state index is -0.366. The number of hydrogen-bond donors (Lipinski definition) is 2. The number of fused-ring (bicyclic) bond motifs is 2. The molecular weight excluding hydrogens is 376 g/mol. The number of aromatic nitrogens is 4. The molecule has 4 aromatic rings. The van der Waals surface area contributed by atoms with Crippen molar-refractivity contribution in [1.82, 2.24) is 19.4 Å². The molecule has 0 spiro atoms. The zero-order chi connectivity index (χ0) is 19.1. The number of aliphatic imine (C=N–C) groups is 1. The van der Waals surface area contributed by atoms with Gasteiger partial charge < -0.3 is 4.98 Å². The van der Waals surface area contributed by atoms with E-state index in [0.29, 0.717) is 28.7 Å². The molecule has 0 aliphatic carbocycles. The van der Waals surface area contributed by atoms with Crippen molar-refractivity contribution < 1.29 is 9.59 Å². The van der Waals surface area contributed by atoms with Crippen molar-refractivity contribution in [3.8, 4) is 0 Å². The summed E-state index contributed by atoms with van der Waals surface area (Å²) >= 11 is 1.45. The Bertz CT molecular complexity index is 1260. The summed E-state index contributed by atoms with van der Waals surface area (Å²) < 4.78 is 1.79. The van der Waals surface area contributed by atoms with Crippen LogP contribution >= 0.6 is 11.3 Å². The third kappa shape index (κ3) is 2.91. The van der Waals surface area contributed by atoms with Gasteiger partial charge in [0.05, 0.1) is 5.52 Å². The molecule has 2 N–H and O–H groups in total. The second kappa shape index (κ2) is 6.54. The van der Waals surface area contributed by atoms with E-state index in [0.717, 1.165) is 10.7 Å². The summed E-state index contributed by atoms with van der Waals surface area (Å²) in [7, 11) is 0. The molecule has 0 fully saturated rings. The number of aromatic amines is 1. The van der Waals surface area contributed by atoms with E-state index < -0.39 is 0 Å². The summed E-state index contributed by atoms with van der Waals surface area (Å²) in [6, 6.07) is 5.34. The van der Waals surface area contributed by atoms with Gasteiger partial charge in [0.2, 0.25) is 5.95 Å². The average molecular weight is 390 g/mol. The molecule has 1 aromatic carbocycles. The van der Waals surface area contributed by atoms with Crippen LogP contribution in [0.15, 0.2) is 53.2 Å². The van der Waals surface area contributed by atoms with E-state index in [2.05, 4.69) is 25.3 Å². The van der Waals surface area contributed by atoms with Gasteiger partial charge in [-0.25, -0.2) is 9.97 Å². The summed E-state index contributed by atoms with van der Waals surface area (Å²) in [5.74, 6) is -0.141. The predicted molar refractivity (Wildman–Crippen MR) is 107 cm³/mol. The van der Waals surface area contributed by atoms with E-state index in [1.165, 1.54) is 11.3 Å². The number of hydrogen-bond acceptors (Lipinski definition) is 6. The Balaban J connectivity index is 1.40. The highest BCUT2D eigenvalue weighted by Gasteiger charge is 2.18. The van der Waals surface area contributed by atoms with E-state index >= 15 is 0 Å². The van der Waals surface area contributed by atoms with Gasteiger partial charge in [0, 0.05) is 48.1 Å². The number of thiazole rings is 1. The minimum absolute atomic E-state index is 0.0493. The van der Waals surface area contributed by atoms with Crippen LogP contribution in [0.3, 0.4) is 0 Å². The van der Waals surface area contributed by atoms with Crippen LogP contribution in [0.1, 0.15) is 33.7 Å². The molecule has 138 valence electrons. The first kappa shape index (κ1) is 16.6. The zero-order valence-electron chi connectivity index (χ0n) is 14.5. The molecule has 0 radical (unpaired) electrons. The number of amides is 1. The quantitative estimate of drug-likeness (QED) is 0.509. The number of ketones is 1. The van der Waals surface area contributed by atoms with Gasteiger partial charge in [0.25, 0.3) is 5.91 Å². The number of H-pyrrole nitrogens is 1. The van der Waals surface area contributed by atoms with Crippen molar-refractivity contribution in [2.45, 2.75) is 12.8 Å². The van der Waals surface area contributed by atoms with Gasteiger partial charge in [-0.3, -0.25) is 24.3 Å². The Morgan fingerprint density at radius 2 is 2.21 bits per heavy atom. The van der Waals surface area contributed by atoms with Crippen LogP contribution < -0.4 is 5.32 Å². The van der Waals surface area contributed by atoms with Crippen molar-refractivity contribution >= 4 is 50.7 Å². The van der Waals surface area contributed by atoms with Gasteiger partial charge in [-0.2, -0.15) is 0 Å². The lowest BCUT2D eigenvalue weighted by Crippen LogP contribution is -2.13. The number of carbonyl (C=O) groups excluding carboxylic acids is 2. The lowest BCUT2D eigenvalue weighted by atomic mass is 10.0. The number of imidazole rings is 2. The highest BCUT2D eigenvalue weighted by Crippen LogP contribution is 2.21. The molecule has 28 heavy (non-hydrogen) atoms. The molecular formula is C19H14N6O2S. The molecule has 8 nitrogen and oxygen atoms in total. The first-order valence-corrected chi connectivity index (χ1v) is 9.51. The lowest BCUT2D eigenvalue weighted by molar-refractivity contribution is 0.0998. The molecule has 0 saturated heterocycles. The summed E-state index contributed by atoms with van der Waals surface area (Å²) in [5, 5.41) is 4.61. The fraction of sp³-hybridized carbons (Fsp3) is 0.105. The summed E-state index contributed by atoms with van der Waals surface area (Å²) in [5.41, 5.74) is 2.85. The zero-order valence-corrected chi connectivity index (χ0v) is 15.4. The Hall–Kier alpha value is -3.59. The number of nitrogens with one attached hydrogen (secondary N) is 2. The Morgan fingerprint density at radius 1 is 1.29 bits per heavy atom. The average Bonchev–Trinajstić information content (AvgIpc) is 3.44. The van der Waals surface area contributed by atoms with Gasteiger partial charge in [-0.05, 0) is 12.1 Å².